The Hall–Kier alpha value is -1.92. The van der Waals surface area contributed by atoms with E-state index in [1.54, 1.807) is 12.1 Å². The lowest BCUT2D eigenvalue weighted by molar-refractivity contribution is 0.153. The largest absolute Gasteiger partial charge is 0.465 e. The highest BCUT2D eigenvalue weighted by Gasteiger charge is 2.16. The van der Waals surface area contributed by atoms with E-state index < -0.39 is 11.9 Å². The zero-order chi connectivity index (χ0) is 15.6. The van der Waals surface area contributed by atoms with Gasteiger partial charge in [0.05, 0.1) is 6.54 Å². The number of nitrogens with zero attached hydrogens (tertiary/aromatic N) is 1. The lowest BCUT2D eigenvalue weighted by Gasteiger charge is -2.16. The lowest BCUT2D eigenvalue weighted by atomic mass is 10.0. The molecule has 2 aromatic rings. The highest BCUT2D eigenvalue weighted by Crippen LogP contribution is 2.34. The SMILES string of the molecule is CC(N)c1ccc(-c2cccc(F)c2CN(C)C(=O)O)s1. The second-order valence-corrected chi connectivity index (χ2v) is 6.01. The van der Waals surface area contributed by atoms with E-state index in [-0.39, 0.29) is 12.6 Å². The van der Waals surface area contributed by atoms with Gasteiger partial charge in [0.25, 0.3) is 0 Å². The fourth-order valence-electron chi connectivity index (χ4n) is 2.00. The van der Waals surface area contributed by atoms with Crippen LogP contribution in [0.25, 0.3) is 10.4 Å². The van der Waals surface area contributed by atoms with Crippen LogP contribution in [0.3, 0.4) is 0 Å². The predicted octanol–water partition coefficient (Wildman–Crippen LogP) is 3.68. The van der Waals surface area contributed by atoms with Crippen LogP contribution in [0.4, 0.5) is 9.18 Å². The third-order valence-electron chi connectivity index (χ3n) is 3.18. The number of nitrogens with two attached hydrogens (primary N) is 1. The van der Waals surface area contributed by atoms with Crippen LogP contribution in [0.5, 0.6) is 0 Å². The summed E-state index contributed by atoms with van der Waals surface area (Å²) in [6.07, 6.45) is -1.09. The molecule has 0 aliphatic heterocycles. The lowest BCUT2D eigenvalue weighted by Crippen LogP contribution is -2.24. The van der Waals surface area contributed by atoms with Gasteiger partial charge < -0.3 is 15.7 Å². The van der Waals surface area contributed by atoms with Gasteiger partial charge in [-0.1, -0.05) is 12.1 Å². The van der Waals surface area contributed by atoms with Gasteiger partial charge in [-0.05, 0) is 30.7 Å². The summed E-state index contributed by atoms with van der Waals surface area (Å²) in [6, 6.07) is 8.49. The molecule has 21 heavy (non-hydrogen) atoms. The molecule has 0 spiro atoms. The molecule has 0 aliphatic rings. The minimum Gasteiger partial charge on any atom is -0.465 e. The van der Waals surface area contributed by atoms with Crippen LogP contribution in [-0.4, -0.2) is 23.1 Å². The van der Waals surface area contributed by atoms with E-state index in [1.165, 1.54) is 24.5 Å². The number of rotatable bonds is 4. The average Bonchev–Trinajstić information content (AvgIpc) is 2.90. The molecule has 0 aliphatic carbocycles. The molecule has 1 aromatic carbocycles. The van der Waals surface area contributed by atoms with Crippen LogP contribution in [-0.2, 0) is 6.54 Å². The number of halogens is 1. The molecule has 1 unspecified atom stereocenters. The van der Waals surface area contributed by atoms with E-state index in [1.807, 2.05) is 19.1 Å². The molecule has 1 atom stereocenters. The predicted molar refractivity (Wildman–Crippen MR) is 81.8 cm³/mol. The van der Waals surface area contributed by atoms with Gasteiger partial charge in [0.15, 0.2) is 0 Å². The van der Waals surface area contributed by atoms with Gasteiger partial charge in [-0.3, -0.25) is 0 Å². The minimum absolute atomic E-state index is 0.00273. The summed E-state index contributed by atoms with van der Waals surface area (Å²) in [7, 11) is 1.42. The van der Waals surface area contributed by atoms with Crippen LogP contribution in [0.15, 0.2) is 30.3 Å². The minimum atomic E-state index is -1.09. The second-order valence-electron chi connectivity index (χ2n) is 4.90. The van der Waals surface area contributed by atoms with E-state index in [0.29, 0.717) is 11.1 Å². The molecular formula is C15H17FN2O2S. The number of benzene rings is 1. The molecular weight excluding hydrogens is 291 g/mol. The van der Waals surface area contributed by atoms with E-state index in [0.717, 1.165) is 14.7 Å². The van der Waals surface area contributed by atoms with Crippen LogP contribution in [0, 0.1) is 5.82 Å². The summed E-state index contributed by atoms with van der Waals surface area (Å²) in [5.41, 5.74) is 6.93. The van der Waals surface area contributed by atoms with E-state index in [4.69, 9.17) is 10.8 Å². The Morgan fingerprint density at radius 2 is 2.14 bits per heavy atom. The first-order valence-corrected chi connectivity index (χ1v) is 7.29. The van der Waals surface area contributed by atoms with Gasteiger partial charge in [0, 0.05) is 28.4 Å². The van der Waals surface area contributed by atoms with Crippen molar-refractivity contribution in [1.82, 2.24) is 4.90 Å². The molecule has 0 bridgehead atoms. The Morgan fingerprint density at radius 3 is 2.71 bits per heavy atom. The van der Waals surface area contributed by atoms with Crippen molar-refractivity contribution in [3.63, 3.8) is 0 Å². The Bertz CT molecular complexity index is 655. The van der Waals surface area contributed by atoms with Crippen LogP contribution in [0.1, 0.15) is 23.4 Å². The molecule has 112 valence electrons. The van der Waals surface area contributed by atoms with Crippen LogP contribution < -0.4 is 5.73 Å². The zero-order valence-electron chi connectivity index (χ0n) is 11.8. The van der Waals surface area contributed by atoms with E-state index in [9.17, 15) is 9.18 Å². The summed E-state index contributed by atoms with van der Waals surface area (Å²) in [5, 5.41) is 8.96. The van der Waals surface area contributed by atoms with E-state index >= 15 is 0 Å². The quantitative estimate of drug-likeness (QED) is 0.905. The Labute approximate surface area is 126 Å². The number of hydrogen-bond acceptors (Lipinski definition) is 3. The summed E-state index contributed by atoms with van der Waals surface area (Å²) < 4.78 is 14.1. The first kappa shape index (κ1) is 15.5. The summed E-state index contributed by atoms with van der Waals surface area (Å²) in [6.45, 7) is 1.89. The summed E-state index contributed by atoms with van der Waals surface area (Å²) >= 11 is 1.49. The molecule has 6 heteroatoms. The number of thiophene rings is 1. The van der Waals surface area contributed by atoms with Crippen LogP contribution >= 0.6 is 11.3 Å². The fourth-order valence-corrected chi connectivity index (χ4v) is 3.01. The highest BCUT2D eigenvalue weighted by atomic mass is 32.1. The normalized spacial score (nSPS) is 12.2. The van der Waals surface area contributed by atoms with Gasteiger partial charge >= 0.3 is 6.09 Å². The first-order chi connectivity index (χ1) is 9.90. The molecule has 3 N–H and O–H groups in total. The number of hydrogen-bond donors (Lipinski definition) is 2. The number of amides is 1. The second kappa shape index (κ2) is 6.24. The van der Waals surface area contributed by atoms with Crippen molar-refractivity contribution in [3.05, 3.63) is 46.6 Å². The fraction of sp³-hybridized carbons (Fsp3) is 0.267. The Morgan fingerprint density at radius 1 is 1.43 bits per heavy atom. The summed E-state index contributed by atoms with van der Waals surface area (Å²) in [5.74, 6) is -0.406. The van der Waals surface area contributed by atoms with Crippen molar-refractivity contribution in [2.75, 3.05) is 7.05 Å². The maximum atomic E-state index is 14.1. The first-order valence-electron chi connectivity index (χ1n) is 6.47. The number of carbonyl (C=O) groups is 1. The van der Waals surface area contributed by atoms with E-state index in [2.05, 4.69) is 0 Å². The van der Waals surface area contributed by atoms with Crippen molar-refractivity contribution in [1.29, 1.82) is 0 Å². The standard InChI is InChI=1S/C15H17FN2O2S/c1-9(17)13-6-7-14(21-13)10-4-3-5-12(16)11(10)8-18(2)15(19)20/h3-7,9H,8,17H2,1-2H3,(H,19,20). The third kappa shape index (κ3) is 3.40. The van der Waals surface area contributed by atoms with Crippen molar-refractivity contribution in [2.24, 2.45) is 5.73 Å². The average molecular weight is 308 g/mol. The molecule has 0 radical (unpaired) electrons. The van der Waals surface area contributed by atoms with Crippen molar-refractivity contribution < 1.29 is 14.3 Å². The zero-order valence-corrected chi connectivity index (χ0v) is 12.7. The monoisotopic (exact) mass is 308 g/mol. The maximum Gasteiger partial charge on any atom is 0.407 e. The number of carboxylic acid groups (broad SMARTS) is 1. The van der Waals surface area contributed by atoms with Gasteiger partial charge in [-0.15, -0.1) is 11.3 Å². The summed E-state index contributed by atoms with van der Waals surface area (Å²) in [4.78, 5) is 13.9. The topological polar surface area (TPSA) is 66.6 Å². The van der Waals surface area contributed by atoms with Gasteiger partial charge in [0.2, 0.25) is 0 Å². The highest BCUT2D eigenvalue weighted by molar-refractivity contribution is 7.15. The van der Waals surface area contributed by atoms with Gasteiger partial charge in [-0.25, -0.2) is 9.18 Å². The smallest absolute Gasteiger partial charge is 0.407 e. The Balaban J connectivity index is 2.43. The van der Waals surface area contributed by atoms with Crippen molar-refractivity contribution >= 4 is 17.4 Å². The molecule has 2 rings (SSSR count). The Kier molecular flexibility index (Phi) is 4.59. The van der Waals surface area contributed by atoms with Gasteiger partial charge in [0.1, 0.15) is 5.82 Å². The third-order valence-corrected chi connectivity index (χ3v) is 4.50. The van der Waals surface area contributed by atoms with Gasteiger partial charge in [-0.2, -0.15) is 0 Å². The molecule has 0 fully saturated rings. The molecule has 0 saturated heterocycles. The van der Waals surface area contributed by atoms with Crippen molar-refractivity contribution in [2.45, 2.75) is 19.5 Å². The molecule has 0 saturated carbocycles. The molecule has 4 nitrogen and oxygen atoms in total. The van der Waals surface area contributed by atoms with Crippen LogP contribution in [0.2, 0.25) is 0 Å². The molecule has 1 heterocycles. The molecule has 1 aromatic heterocycles. The van der Waals surface area contributed by atoms with Crippen molar-refractivity contribution in [3.8, 4) is 10.4 Å². The maximum absolute atomic E-state index is 14.1. The molecule has 1 amide bonds.